The molecule has 0 amide bonds. The minimum Gasteiger partial charge on any atom is -0.283 e. The first kappa shape index (κ1) is 14.0. The zero-order valence-corrected chi connectivity index (χ0v) is 11.9. The Labute approximate surface area is 104 Å². The van der Waals surface area contributed by atoms with Crippen LogP contribution in [-0.2, 0) is 10.0 Å². The maximum absolute atomic E-state index is 11.4. The summed E-state index contributed by atoms with van der Waals surface area (Å²) in [6.07, 6.45) is 1.19. The Balaban J connectivity index is 3.39. The molecule has 0 radical (unpaired) electrons. The maximum atomic E-state index is 11.4. The van der Waals surface area contributed by atoms with Gasteiger partial charge in [0.1, 0.15) is 0 Å². The van der Waals surface area contributed by atoms with Crippen molar-refractivity contribution in [3.8, 4) is 0 Å². The Bertz CT molecular complexity index is 464. The highest BCUT2D eigenvalue weighted by Crippen LogP contribution is 2.32. The average Bonchev–Trinajstić information content (AvgIpc) is 2.14. The largest absolute Gasteiger partial charge is 0.283 e. The van der Waals surface area contributed by atoms with E-state index in [0.29, 0.717) is 0 Å². The Morgan fingerprint density at radius 1 is 1.00 bits per heavy atom. The van der Waals surface area contributed by atoms with E-state index in [2.05, 4.69) is 32.4 Å². The van der Waals surface area contributed by atoms with Crippen molar-refractivity contribution in [2.45, 2.75) is 39.5 Å². The number of anilines is 1. The number of rotatable bonds is 4. The molecule has 0 spiro atoms. The van der Waals surface area contributed by atoms with Crippen LogP contribution in [0.3, 0.4) is 0 Å². The topological polar surface area (TPSA) is 46.2 Å². The second-order valence-electron chi connectivity index (χ2n) is 5.00. The molecule has 0 aliphatic heterocycles. The van der Waals surface area contributed by atoms with Gasteiger partial charge in [-0.2, -0.15) is 0 Å². The van der Waals surface area contributed by atoms with Crippen molar-refractivity contribution in [2.24, 2.45) is 0 Å². The van der Waals surface area contributed by atoms with Crippen LogP contribution in [0.4, 0.5) is 5.69 Å². The van der Waals surface area contributed by atoms with Crippen molar-refractivity contribution >= 4 is 15.7 Å². The number of sulfonamides is 1. The standard InChI is InChI=1S/C13H21NO2S/c1-9(2)11-7-6-8-12(10(3)4)13(11)14-17(5,15)16/h6-10,14H,1-5H3. The fourth-order valence-electron chi connectivity index (χ4n) is 1.85. The van der Waals surface area contributed by atoms with Gasteiger partial charge in [-0.15, -0.1) is 0 Å². The van der Waals surface area contributed by atoms with Gasteiger partial charge in [-0.05, 0) is 23.0 Å². The van der Waals surface area contributed by atoms with Crippen LogP contribution >= 0.6 is 0 Å². The molecule has 17 heavy (non-hydrogen) atoms. The fraction of sp³-hybridized carbons (Fsp3) is 0.538. The highest BCUT2D eigenvalue weighted by molar-refractivity contribution is 7.92. The zero-order chi connectivity index (χ0) is 13.2. The predicted octanol–water partition coefficient (Wildman–Crippen LogP) is 3.30. The van der Waals surface area contributed by atoms with E-state index < -0.39 is 10.0 Å². The van der Waals surface area contributed by atoms with Crippen molar-refractivity contribution in [1.82, 2.24) is 0 Å². The Morgan fingerprint density at radius 3 is 1.71 bits per heavy atom. The summed E-state index contributed by atoms with van der Waals surface area (Å²) in [5.41, 5.74) is 2.84. The molecule has 0 aromatic heterocycles. The van der Waals surface area contributed by atoms with Crippen LogP contribution in [-0.4, -0.2) is 14.7 Å². The summed E-state index contributed by atoms with van der Waals surface area (Å²) >= 11 is 0. The Hall–Kier alpha value is -1.03. The number of hydrogen-bond acceptors (Lipinski definition) is 2. The van der Waals surface area contributed by atoms with Crippen molar-refractivity contribution < 1.29 is 8.42 Å². The van der Waals surface area contributed by atoms with Crippen LogP contribution in [0.5, 0.6) is 0 Å². The maximum Gasteiger partial charge on any atom is 0.229 e. The molecule has 4 heteroatoms. The number of nitrogens with one attached hydrogen (secondary N) is 1. The van der Waals surface area contributed by atoms with Gasteiger partial charge in [0.25, 0.3) is 0 Å². The van der Waals surface area contributed by atoms with E-state index in [-0.39, 0.29) is 11.8 Å². The molecule has 96 valence electrons. The molecule has 1 aromatic rings. The molecular formula is C13H21NO2S. The fourth-order valence-corrected chi connectivity index (χ4v) is 2.46. The lowest BCUT2D eigenvalue weighted by atomic mass is 9.93. The van der Waals surface area contributed by atoms with Gasteiger partial charge in [0.2, 0.25) is 10.0 Å². The van der Waals surface area contributed by atoms with Crippen LogP contribution in [0.2, 0.25) is 0 Å². The molecule has 0 aliphatic carbocycles. The van der Waals surface area contributed by atoms with Crippen molar-refractivity contribution in [2.75, 3.05) is 11.0 Å². The van der Waals surface area contributed by atoms with Gasteiger partial charge in [0.05, 0.1) is 11.9 Å². The van der Waals surface area contributed by atoms with Gasteiger partial charge in [0, 0.05) is 0 Å². The lowest BCUT2D eigenvalue weighted by Gasteiger charge is -2.19. The molecule has 0 fully saturated rings. The second kappa shape index (κ2) is 5.08. The summed E-state index contributed by atoms with van der Waals surface area (Å²) in [5.74, 6) is 0.580. The lowest BCUT2D eigenvalue weighted by Crippen LogP contribution is -2.14. The van der Waals surface area contributed by atoms with E-state index in [4.69, 9.17) is 0 Å². The van der Waals surface area contributed by atoms with E-state index in [1.54, 1.807) is 0 Å². The molecule has 1 aromatic carbocycles. The normalized spacial score (nSPS) is 12.2. The van der Waals surface area contributed by atoms with Crippen LogP contribution in [0.25, 0.3) is 0 Å². The summed E-state index contributed by atoms with van der Waals surface area (Å²) in [7, 11) is -3.24. The molecule has 0 unspecified atom stereocenters. The monoisotopic (exact) mass is 255 g/mol. The molecule has 0 aliphatic rings. The first-order valence-electron chi connectivity index (χ1n) is 5.83. The third-order valence-electron chi connectivity index (χ3n) is 2.66. The van der Waals surface area contributed by atoms with E-state index in [0.717, 1.165) is 16.8 Å². The first-order valence-corrected chi connectivity index (χ1v) is 7.72. The molecule has 0 bridgehead atoms. The molecule has 1 N–H and O–H groups in total. The summed E-state index contributed by atoms with van der Waals surface area (Å²) in [6.45, 7) is 8.25. The van der Waals surface area contributed by atoms with Crippen LogP contribution in [0.15, 0.2) is 18.2 Å². The third-order valence-corrected chi connectivity index (χ3v) is 3.24. The SMILES string of the molecule is CC(C)c1cccc(C(C)C)c1NS(C)(=O)=O. The van der Waals surface area contributed by atoms with Gasteiger partial charge < -0.3 is 0 Å². The van der Waals surface area contributed by atoms with Gasteiger partial charge >= 0.3 is 0 Å². The number of benzene rings is 1. The second-order valence-corrected chi connectivity index (χ2v) is 6.74. The lowest BCUT2D eigenvalue weighted by molar-refractivity contribution is 0.606. The van der Waals surface area contributed by atoms with E-state index >= 15 is 0 Å². The van der Waals surface area contributed by atoms with Gasteiger partial charge in [-0.3, -0.25) is 4.72 Å². The molecular weight excluding hydrogens is 234 g/mol. The van der Waals surface area contributed by atoms with Crippen molar-refractivity contribution in [1.29, 1.82) is 0 Å². The minimum absolute atomic E-state index is 0.290. The first-order chi connectivity index (χ1) is 7.72. The van der Waals surface area contributed by atoms with Gasteiger partial charge in [-0.25, -0.2) is 8.42 Å². The summed E-state index contributed by atoms with van der Waals surface area (Å²) in [5, 5.41) is 0. The Kier molecular flexibility index (Phi) is 4.20. The molecule has 0 heterocycles. The number of para-hydroxylation sites is 1. The quantitative estimate of drug-likeness (QED) is 0.897. The minimum atomic E-state index is -3.24. The van der Waals surface area contributed by atoms with Crippen molar-refractivity contribution in [3.63, 3.8) is 0 Å². The van der Waals surface area contributed by atoms with E-state index in [1.165, 1.54) is 6.26 Å². The van der Waals surface area contributed by atoms with Crippen LogP contribution < -0.4 is 4.72 Å². The summed E-state index contributed by atoms with van der Waals surface area (Å²) < 4.78 is 25.5. The molecule has 0 saturated carbocycles. The highest BCUT2D eigenvalue weighted by Gasteiger charge is 2.16. The van der Waals surface area contributed by atoms with E-state index in [1.807, 2.05) is 18.2 Å². The van der Waals surface area contributed by atoms with Gasteiger partial charge in [0.15, 0.2) is 0 Å². The third kappa shape index (κ3) is 3.73. The summed E-state index contributed by atoms with van der Waals surface area (Å²) in [4.78, 5) is 0. The predicted molar refractivity (Wildman–Crippen MR) is 73.1 cm³/mol. The highest BCUT2D eigenvalue weighted by atomic mass is 32.2. The number of hydrogen-bond donors (Lipinski definition) is 1. The molecule has 0 saturated heterocycles. The smallest absolute Gasteiger partial charge is 0.229 e. The average molecular weight is 255 g/mol. The van der Waals surface area contributed by atoms with Gasteiger partial charge in [-0.1, -0.05) is 45.9 Å². The van der Waals surface area contributed by atoms with Crippen molar-refractivity contribution in [3.05, 3.63) is 29.3 Å². The molecule has 1 rings (SSSR count). The van der Waals surface area contributed by atoms with Crippen LogP contribution in [0, 0.1) is 0 Å². The molecule has 3 nitrogen and oxygen atoms in total. The summed E-state index contributed by atoms with van der Waals surface area (Å²) in [6, 6.07) is 5.94. The zero-order valence-electron chi connectivity index (χ0n) is 11.1. The van der Waals surface area contributed by atoms with E-state index in [9.17, 15) is 8.42 Å². The van der Waals surface area contributed by atoms with Crippen LogP contribution in [0.1, 0.15) is 50.7 Å². The Morgan fingerprint density at radius 2 is 1.41 bits per heavy atom. The molecule has 0 atom stereocenters.